The maximum absolute atomic E-state index is 12.8. The van der Waals surface area contributed by atoms with Crippen LogP contribution in [0.3, 0.4) is 0 Å². The van der Waals surface area contributed by atoms with Gasteiger partial charge >= 0.3 is 4.87 Å². The maximum Gasteiger partial charge on any atom is 0.308 e. The van der Waals surface area contributed by atoms with E-state index >= 15 is 0 Å². The van der Waals surface area contributed by atoms with Gasteiger partial charge in [0.1, 0.15) is 0 Å². The minimum Gasteiger partial charge on any atom is -0.378 e. The van der Waals surface area contributed by atoms with Crippen molar-refractivity contribution >= 4 is 37.5 Å². The summed E-state index contributed by atoms with van der Waals surface area (Å²) in [7, 11) is -3.62. The number of aryl methyl sites for hydroxylation is 1. The molecule has 0 spiro atoms. The van der Waals surface area contributed by atoms with Crippen molar-refractivity contribution in [3.05, 3.63) is 27.9 Å². The smallest absolute Gasteiger partial charge is 0.308 e. The summed E-state index contributed by atoms with van der Waals surface area (Å²) in [6, 6.07) is 4.75. The van der Waals surface area contributed by atoms with Crippen LogP contribution in [0.2, 0.25) is 0 Å². The zero-order chi connectivity index (χ0) is 21.1. The van der Waals surface area contributed by atoms with E-state index in [1.54, 1.807) is 27.7 Å². The number of morpholine rings is 1. The number of hydrogen-bond donors (Lipinski definition) is 1. The van der Waals surface area contributed by atoms with E-state index in [1.807, 2.05) is 0 Å². The van der Waals surface area contributed by atoms with Crippen molar-refractivity contribution in [2.75, 3.05) is 26.3 Å². The second-order valence-corrected chi connectivity index (χ2v) is 10.6. The van der Waals surface area contributed by atoms with E-state index in [-0.39, 0.29) is 34.7 Å². The van der Waals surface area contributed by atoms with Gasteiger partial charge < -0.3 is 9.64 Å². The number of nitrogens with zero attached hydrogens (tertiary/aromatic N) is 2. The third-order valence-electron chi connectivity index (χ3n) is 5.79. The number of aromatic nitrogens is 1. The molecule has 1 amide bonds. The Labute approximate surface area is 179 Å². The molecule has 1 aliphatic heterocycles. The molecule has 2 aromatic rings. The Morgan fingerprint density at radius 1 is 1.17 bits per heavy atom. The summed E-state index contributed by atoms with van der Waals surface area (Å²) in [5, 5.41) is 0. The molecule has 0 atom stereocenters. The lowest BCUT2D eigenvalue weighted by molar-refractivity contribution is -0.135. The number of amides is 1. The van der Waals surface area contributed by atoms with Gasteiger partial charge in [-0.2, -0.15) is 0 Å². The molecule has 30 heavy (non-hydrogen) atoms. The van der Waals surface area contributed by atoms with E-state index in [9.17, 15) is 18.0 Å². The Bertz CT molecular complexity index is 1060. The highest BCUT2D eigenvalue weighted by atomic mass is 32.2. The fourth-order valence-electron chi connectivity index (χ4n) is 4.11. The number of ether oxygens (including phenoxy) is 1. The Balaban J connectivity index is 1.49. The van der Waals surface area contributed by atoms with Crippen LogP contribution in [0.4, 0.5) is 0 Å². The molecule has 2 fully saturated rings. The third-order valence-corrected chi connectivity index (χ3v) is 8.25. The molecular formula is C20H27N3O5S2. The van der Waals surface area contributed by atoms with Crippen molar-refractivity contribution in [1.29, 1.82) is 0 Å². The molecule has 10 heteroatoms. The first-order valence-electron chi connectivity index (χ1n) is 10.5. The fraction of sp³-hybridized carbons (Fsp3) is 0.600. The summed E-state index contributed by atoms with van der Waals surface area (Å²) in [6.45, 7) is 2.51. The first kappa shape index (κ1) is 21.5. The summed E-state index contributed by atoms with van der Waals surface area (Å²) in [5.41, 5.74) is 0.663. The van der Waals surface area contributed by atoms with Gasteiger partial charge in [-0.05, 0) is 31.0 Å². The lowest BCUT2D eigenvalue weighted by atomic mass is 9.96. The Morgan fingerprint density at radius 2 is 1.90 bits per heavy atom. The van der Waals surface area contributed by atoms with Crippen LogP contribution in [-0.2, 0) is 26.1 Å². The number of nitrogens with one attached hydrogen (secondary N) is 1. The van der Waals surface area contributed by atoms with Gasteiger partial charge in [0, 0.05) is 32.1 Å². The number of benzene rings is 1. The van der Waals surface area contributed by atoms with E-state index in [0.29, 0.717) is 36.5 Å². The van der Waals surface area contributed by atoms with E-state index in [0.717, 1.165) is 43.4 Å². The molecule has 0 bridgehead atoms. The molecule has 1 saturated carbocycles. The molecule has 1 aromatic carbocycles. The lowest BCUT2D eigenvalue weighted by Gasteiger charge is -2.26. The average molecular weight is 454 g/mol. The van der Waals surface area contributed by atoms with Gasteiger partial charge in [0.15, 0.2) is 0 Å². The Kier molecular flexibility index (Phi) is 6.57. The number of thiazole rings is 1. The molecular weight excluding hydrogens is 426 g/mol. The fourth-order valence-corrected chi connectivity index (χ4v) is 6.47. The van der Waals surface area contributed by atoms with Crippen LogP contribution in [0, 0.1) is 0 Å². The third kappa shape index (κ3) is 4.77. The average Bonchev–Trinajstić information content (AvgIpc) is 3.07. The largest absolute Gasteiger partial charge is 0.378 e. The van der Waals surface area contributed by atoms with Gasteiger partial charge in [-0.3, -0.25) is 14.2 Å². The van der Waals surface area contributed by atoms with Crippen LogP contribution in [0.5, 0.6) is 0 Å². The number of hydrogen-bond acceptors (Lipinski definition) is 6. The Morgan fingerprint density at radius 3 is 2.63 bits per heavy atom. The summed E-state index contributed by atoms with van der Waals surface area (Å²) >= 11 is 1.01. The van der Waals surface area contributed by atoms with Gasteiger partial charge in [0.2, 0.25) is 15.9 Å². The number of carbonyl (C=O) groups is 1. The second-order valence-electron chi connectivity index (χ2n) is 7.85. The molecule has 164 valence electrons. The van der Waals surface area contributed by atoms with E-state index in [4.69, 9.17) is 4.74 Å². The molecule has 1 N–H and O–H groups in total. The van der Waals surface area contributed by atoms with Crippen LogP contribution in [-0.4, -0.2) is 56.1 Å². The minimum absolute atomic E-state index is 0.000398. The zero-order valence-corrected chi connectivity index (χ0v) is 18.5. The number of rotatable bonds is 6. The van der Waals surface area contributed by atoms with Crippen molar-refractivity contribution in [2.24, 2.45) is 0 Å². The van der Waals surface area contributed by atoms with Crippen LogP contribution in [0.15, 0.2) is 27.9 Å². The highest BCUT2D eigenvalue weighted by Crippen LogP contribution is 2.24. The topological polar surface area (TPSA) is 97.7 Å². The molecule has 4 rings (SSSR count). The van der Waals surface area contributed by atoms with Crippen LogP contribution < -0.4 is 9.60 Å². The second kappa shape index (κ2) is 9.17. The van der Waals surface area contributed by atoms with Gasteiger partial charge in [0.25, 0.3) is 0 Å². The molecule has 2 heterocycles. The lowest BCUT2D eigenvalue weighted by Crippen LogP contribution is -2.41. The highest BCUT2D eigenvalue weighted by Gasteiger charge is 2.23. The molecule has 1 aliphatic carbocycles. The SMILES string of the molecule is O=C(CCn1c(=O)sc2cc(S(=O)(=O)NC3CCCCC3)ccc21)N1CCOCC1. The van der Waals surface area contributed by atoms with E-state index in [1.165, 1.54) is 0 Å². The van der Waals surface area contributed by atoms with Gasteiger partial charge in [0.05, 0.1) is 28.3 Å². The molecule has 2 aliphatic rings. The molecule has 0 unspecified atom stereocenters. The summed E-state index contributed by atoms with van der Waals surface area (Å²) in [6.07, 6.45) is 5.19. The standard InChI is InChI=1S/C20H27N3O5S2/c24-19(22-10-12-28-13-11-22)8-9-23-17-7-6-16(14-18(17)29-20(23)25)30(26,27)21-15-4-2-1-3-5-15/h6-7,14-15,21H,1-5,8-13H2. The van der Waals surface area contributed by atoms with Gasteiger partial charge in [-0.25, -0.2) is 13.1 Å². The van der Waals surface area contributed by atoms with E-state index in [2.05, 4.69) is 4.72 Å². The predicted molar refractivity (Wildman–Crippen MR) is 115 cm³/mol. The molecule has 1 saturated heterocycles. The van der Waals surface area contributed by atoms with Crippen LogP contribution in [0.1, 0.15) is 38.5 Å². The Hall–Kier alpha value is -1.75. The van der Waals surface area contributed by atoms with Gasteiger partial charge in [-0.1, -0.05) is 30.6 Å². The van der Waals surface area contributed by atoms with Crippen molar-refractivity contribution in [1.82, 2.24) is 14.2 Å². The summed E-state index contributed by atoms with van der Waals surface area (Å²) < 4.78 is 35.8. The van der Waals surface area contributed by atoms with Crippen molar-refractivity contribution in [3.8, 4) is 0 Å². The first-order chi connectivity index (χ1) is 14.4. The number of carbonyl (C=O) groups excluding carboxylic acids is 1. The highest BCUT2D eigenvalue weighted by molar-refractivity contribution is 7.89. The summed E-state index contributed by atoms with van der Waals surface area (Å²) in [4.78, 5) is 26.6. The predicted octanol–water partition coefficient (Wildman–Crippen LogP) is 1.92. The monoisotopic (exact) mass is 453 g/mol. The molecule has 0 radical (unpaired) electrons. The first-order valence-corrected chi connectivity index (χ1v) is 12.8. The zero-order valence-electron chi connectivity index (χ0n) is 16.8. The van der Waals surface area contributed by atoms with Crippen molar-refractivity contribution in [3.63, 3.8) is 0 Å². The molecule has 8 nitrogen and oxygen atoms in total. The quantitative estimate of drug-likeness (QED) is 0.721. The van der Waals surface area contributed by atoms with Crippen LogP contribution in [0.25, 0.3) is 10.2 Å². The number of fused-ring (bicyclic) bond motifs is 1. The maximum atomic E-state index is 12.8. The molecule has 1 aromatic heterocycles. The minimum atomic E-state index is -3.62. The summed E-state index contributed by atoms with van der Waals surface area (Å²) in [5.74, 6) is 0.000398. The van der Waals surface area contributed by atoms with Crippen molar-refractivity contribution < 1.29 is 17.9 Å². The van der Waals surface area contributed by atoms with Gasteiger partial charge in [-0.15, -0.1) is 0 Å². The number of sulfonamides is 1. The normalized spacial score (nSPS) is 18.7. The van der Waals surface area contributed by atoms with E-state index < -0.39 is 10.0 Å². The van der Waals surface area contributed by atoms with Crippen molar-refractivity contribution in [2.45, 2.75) is 56.0 Å². The van der Waals surface area contributed by atoms with Crippen LogP contribution >= 0.6 is 11.3 Å².